The molecule has 0 saturated carbocycles. The van der Waals surface area contributed by atoms with Gasteiger partial charge in [-0.1, -0.05) is 25.8 Å². The maximum Gasteiger partial charge on any atom is 0.354 e. The number of carboxylic acid groups (broad SMARTS) is 1. The number of unbranched alkanes of at least 4 members (excludes halogenated alkanes) is 2. The van der Waals surface area contributed by atoms with E-state index in [1.165, 1.54) is 0 Å². The molecule has 16 heavy (non-hydrogen) atoms. The summed E-state index contributed by atoms with van der Waals surface area (Å²) in [6.45, 7) is 5.72. The van der Waals surface area contributed by atoms with E-state index >= 15 is 0 Å². The van der Waals surface area contributed by atoms with Gasteiger partial charge in [-0.25, -0.2) is 9.78 Å². The third kappa shape index (κ3) is 3.22. The summed E-state index contributed by atoms with van der Waals surface area (Å²) in [7, 11) is 0. The monoisotopic (exact) mass is 222 g/mol. The molecule has 0 aliphatic carbocycles. The number of H-pyrrole nitrogens is 1. The normalized spacial score (nSPS) is 10.3. The molecular weight excluding hydrogens is 204 g/mol. The minimum Gasteiger partial charge on any atom is -0.477 e. The zero-order valence-corrected chi connectivity index (χ0v) is 9.62. The van der Waals surface area contributed by atoms with Gasteiger partial charge >= 0.3 is 5.97 Å². The van der Waals surface area contributed by atoms with E-state index in [4.69, 9.17) is 5.11 Å². The molecule has 4 heteroatoms. The SMILES string of the molecule is C=CCc1nc(CCCCC)c(C(=O)O)[nH]1. The first kappa shape index (κ1) is 12.5. The smallest absolute Gasteiger partial charge is 0.354 e. The number of nitrogens with zero attached hydrogens (tertiary/aromatic N) is 1. The van der Waals surface area contributed by atoms with Gasteiger partial charge in [0.1, 0.15) is 11.5 Å². The number of carboxylic acids is 1. The van der Waals surface area contributed by atoms with E-state index < -0.39 is 5.97 Å². The van der Waals surface area contributed by atoms with Crippen molar-refractivity contribution in [2.24, 2.45) is 0 Å². The molecule has 0 fully saturated rings. The van der Waals surface area contributed by atoms with E-state index in [0.29, 0.717) is 17.9 Å². The van der Waals surface area contributed by atoms with Crippen molar-refractivity contribution in [1.29, 1.82) is 0 Å². The highest BCUT2D eigenvalue weighted by Gasteiger charge is 2.15. The van der Waals surface area contributed by atoms with Gasteiger partial charge in [0.25, 0.3) is 0 Å². The lowest BCUT2D eigenvalue weighted by molar-refractivity contribution is 0.0689. The molecule has 1 heterocycles. The summed E-state index contributed by atoms with van der Waals surface area (Å²) in [4.78, 5) is 18.1. The molecule has 0 amide bonds. The Labute approximate surface area is 95.4 Å². The number of hydrogen-bond acceptors (Lipinski definition) is 2. The summed E-state index contributed by atoms with van der Waals surface area (Å²) in [6.07, 6.45) is 6.21. The maximum absolute atomic E-state index is 11.0. The van der Waals surface area contributed by atoms with E-state index in [-0.39, 0.29) is 5.69 Å². The number of aromatic nitrogens is 2. The molecule has 2 N–H and O–H groups in total. The number of rotatable bonds is 7. The molecular formula is C12H18N2O2. The van der Waals surface area contributed by atoms with E-state index in [0.717, 1.165) is 25.7 Å². The van der Waals surface area contributed by atoms with Crippen LogP contribution in [0.4, 0.5) is 0 Å². The molecule has 0 aromatic carbocycles. The first-order valence-electron chi connectivity index (χ1n) is 5.61. The number of nitrogens with one attached hydrogen (secondary N) is 1. The van der Waals surface area contributed by atoms with Crippen LogP contribution >= 0.6 is 0 Å². The first-order valence-corrected chi connectivity index (χ1v) is 5.61. The molecule has 0 aliphatic heterocycles. The molecule has 0 saturated heterocycles. The van der Waals surface area contributed by atoms with Crippen molar-refractivity contribution in [1.82, 2.24) is 9.97 Å². The van der Waals surface area contributed by atoms with Gasteiger partial charge in [0.05, 0.1) is 5.69 Å². The van der Waals surface area contributed by atoms with Crippen molar-refractivity contribution < 1.29 is 9.90 Å². The van der Waals surface area contributed by atoms with Crippen molar-refractivity contribution in [3.63, 3.8) is 0 Å². The van der Waals surface area contributed by atoms with Crippen molar-refractivity contribution >= 4 is 5.97 Å². The highest BCUT2D eigenvalue weighted by molar-refractivity contribution is 5.86. The molecule has 0 spiro atoms. The molecule has 1 aromatic heterocycles. The Morgan fingerprint density at radius 1 is 1.56 bits per heavy atom. The second-order valence-electron chi connectivity index (χ2n) is 3.76. The lowest BCUT2D eigenvalue weighted by Gasteiger charge is -1.97. The van der Waals surface area contributed by atoms with Gasteiger partial charge in [0.15, 0.2) is 0 Å². The van der Waals surface area contributed by atoms with Gasteiger partial charge < -0.3 is 10.1 Å². The van der Waals surface area contributed by atoms with Gasteiger partial charge in [-0.05, 0) is 12.8 Å². The van der Waals surface area contributed by atoms with Crippen LogP contribution < -0.4 is 0 Å². The van der Waals surface area contributed by atoms with E-state index in [1.54, 1.807) is 6.08 Å². The van der Waals surface area contributed by atoms with Gasteiger partial charge in [0, 0.05) is 6.42 Å². The number of hydrogen-bond donors (Lipinski definition) is 2. The third-order valence-electron chi connectivity index (χ3n) is 2.40. The average Bonchev–Trinajstić information content (AvgIpc) is 2.62. The maximum atomic E-state index is 11.0. The average molecular weight is 222 g/mol. The fourth-order valence-corrected chi connectivity index (χ4v) is 1.60. The quantitative estimate of drug-likeness (QED) is 0.550. The topological polar surface area (TPSA) is 66.0 Å². The van der Waals surface area contributed by atoms with Crippen molar-refractivity contribution in [3.8, 4) is 0 Å². The summed E-state index contributed by atoms with van der Waals surface area (Å²) in [5.74, 6) is -0.256. The van der Waals surface area contributed by atoms with Crippen LogP contribution in [0.25, 0.3) is 0 Å². The molecule has 88 valence electrons. The Morgan fingerprint density at radius 2 is 2.31 bits per heavy atom. The van der Waals surface area contributed by atoms with E-state index in [9.17, 15) is 4.79 Å². The number of allylic oxidation sites excluding steroid dienone is 1. The summed E-state index contributed by atoms with van der Waals surface area (Å²) in [5, 5.41) is 9.01. The predicted octanol–water partition coefficient (Wildman–Crippen LogP) is 2.57. The van der Waals surface area contributed by atoms with Crippen LogP contribution in [0, 0.1) is 0 Å². The fraction of sp³-hybridized carbons (Fsp3) is 0.500. The number of carbonyl (C=O) groups is 1. The van der Waals surface area contributed by atoms with Crippen LogP contribution in [0.2, 0.25) is 0 Å². The summed E-state index contributed by atoms with van der Waals surface area (Å²) in [5.41, 5.74) is 0.894. The highest BCUT2D eigenvalue weighted by atomic mass is 16.4. The number of aryl methyl sites for hydroxylation is 1. The molecule has 0 radical (unpaired) electrons. The van der Waals surface area contributed by atoms with Gasteiger partial charge in [-0.2, -0.15) is 0 Å². The van der Waals surface area contributed by atoms with Crippen LogP contribution in [0.5, 0.6) is 0 Å². The summed E-state index contributed by atoms with van der Waals surface area (Å²) in [6, 6.07) is 0. The number of imidazole rings is 1. The Hall–Kier alpha value is -1.58. The highest BCUT2D eigenvalue weighted by Crippen LogP contribution is 2.11. The summed E-state index contributed by atoms with van der Waals surface area (Å²) < 4.78 is 0. The molecule has 0 bridgehead atoms. The Balaban J connectivity index is 2.78. The molecule has 4 nitrogen and oxygen atoms in total. The largest absolute Gasteiger partial charge is 0.477 e. The van der Waals surface area contributed by atoms with Crippen LogP contribution in [0.1, 0.15) is 48.2 Å². The third-order valence-corrected chi connectivity index (χ3v) is 2.40. The number of aromatic carboxylic acids is 1. The Kier molecular flexibility index (Phi) is 4.76. The fourth-order valence-electron chi connectivity index (χ4n) is 1.60. The lowest BCUT2D eigenvalue weighted by atomic mass is 10.1. The summed E-state index contributed by atoms with van der Waals surface area (Å²) >= 11 is 0. The minimum atomic E-state index is -0.936. The zero-order chi connectivity index (χ0) is 12.0. The van der Waals surface area contributed by atoms with Crippen LogP contribution in [0.15, 0.2) is 12.7 Å². The van der Waals surface area contributed by atoms with E-state index in [1.807, 2.05) is 0 Å². The van der Waals surface area contributed by atoms with Crippen LogP contribution in [-0.4, -0.2) is 21.0 Å². The molecule has 0 aliphatic rings. The van der Waals surface area contributed by atoms with Gasteiger partial charge in [-0.3, -0.25) is 0 Å². The molecule has 1 rings (SSSR count). The standard InChI is InChI=1S/C12H18N2O2/c1-3-5-6-8-9-11(12(15)16)14-10(13-9)7-4-2/h4H,2-3,5-8H2,1H3,(H,13,14)(H,15,16). The van der Waals surface area contributed by atoms with Crippen molar-refractivity contribution in [3.05, 3.63) is 29.9 Å². The molecule has 0 atom stereocenters. The number of aromatic amines is 1. The molecule has 0 unspecified atom stereocenters. The van der Waals surface area contributed by atoms with Crippen LogP contribution in [0.3, 0.4) is 0 Å². The first-order chi connectivity index (χ1) is 7.69. The minimum absolute atomic E-state index is 0.230. The second-order valence-corrected chi connectivity index (χ2v) is 3.76. The zero-order valence-electron chi connectivity index (χ0n) is 9.62. The van der Waals surface area contributed by atoms with Crippen LogP contribution in [-0.2, 0) is 12.8 Å². The van der Waals surface area contributed by atoms with E-state index in [2.05, 4.69) is 23.5 Å². The second kappa shape index (κ2) is 6.10. The lowest BCUT2D eigenvalue weighted by Crippen LogP contribution is -2.02. The predicted molar refractivity (Wildman–Crippen MR) is 62.7 cm³/mol. The Morgan fingerprint density at radius 3 is 2.88 bits per heavy atom. The Bertz CT molecular complexity index is 369. The molecule has 1 aromatic rings. The van der Waals surface area contributed by atoms with Gasteiger partial charge in [-0.15, -0.1) is 6.58 Å². The van der Waals surface area contributed by atoms with Crippen molar-refractivity contribution in [2.45, 2.75) is 39.0 Å². The van der Waals surface area contributed by atoms with Gasteiger partial charge in [0.2, 0.25) is 0 Å². The van der Waals surface area contributed by atoms with Crippen molar-refractivity contribution in [2.75, 3.05) is 0 Å².